The Hall–Kier alpha value is -1.10. The molecule has 98 valence electrons. The molecular formula is C12H23N3O2. The van der Waals surface area contributed by atoms with Crippen LogP contribution in [0.1, 0.15) is 39.5 Å². The molecule has 1 saturated heterocycles. The molecule has 1 atom stereocenters. The molecule has 5 nitrogen and oxygen atoms in total. The zero-order valence-electron chi connectivity index (χ0n) is 10.8. The van der Waals surface area contributed by atoms with Gasteiger partial charge in [-0.25, -0.2) is 4.79 Å². The molecule has 0 aliphatic carbocycles. The van der Waals surface area contributed by atoms with Crippen molar-refractivity contribution in [2.75, 3.05) is 19.6 Å². The molecule has 17 heavy (non-hydrogen) atoms. The summed E-state index contributed by atoms with van der Waals surface area (Å²) in [6, 6.07) is 0.0507. The molecule has 0 saturated carbocycles. The van der Waals surface area contributed by atoms with Crippen LogP contribution in [-0.4, -0.2) is 42.5 Å². The number of amides is 3. The van der Waals surface area contributed by atoms with E-state index in [4.69, 9.17) is 0 Å². The summed E-state index contributed by atoms with van der Waals surface area (Å²) >= 11 is 0. The summed E-state index contributed by atoms with van der Waals surface area (Å²) < 4.78 is 0. The highest BCUT2D eigenvalue weighted by Gasteiger charge is 2.21. The first-order valence-electron chi connectivity index (χ1n) is 6.45. The minimum Gasteiger partial charge on any atom is -0.338 e. The molecule has 0 aromatic carbocycles. The second-order valence-electron chi connectivity index (χ2n) is 4.62. The van der Waals surface area contributed by atoms with Gasteiger partial charge in [0.15, 0.2) is 0 Å². The van der Waals surface area contributed by atoms with Gasteiger partial charge in [0.05, 0.1) is 6.54 Å². The zero-order chi connectivity index (χ0) is 12.7. The number of carbonyl (C=O) groups excluding carboxylic acids is 2. The van der Waals surface area contributed by atoms with Gasteiger partial charge in [0.1, 0.15) is 0 Å². The number of rotatable bonds is 4. The summed E-state index contributed by atoms with van der Waals surface area (Å²) in [7, 11) is 0. The van der Waals surface area contributed by atoms with Crippen LogP contribution in [0.4, 0.5) is 4.79 Å². The van der Waals surface area contributed by atoms with E-state index in [1.165, 1.54) is 6.42 Å². The minimum atomic E-state index is -0.387. The van der Waals surface area contributed by atoms with E-state index in [9.17, 15) is 9.59 Å². The molecule has 1 fully saturated rings. The van der Waals surface area contributed by atoms with E-state index in [0.717, 1.165) is 25.8 Å². The standard InChI is InChI=1S/C12H23N3O2/c1-3-7-13-12(17)14-11(16)9-15-8-5-4-6-10(15)2/h10H,3-9H2,1-2H3,(H2,13,14,16,17)/t10-/m0/s1. The summed E-state index contributed by atoms with van der Waals surface area (Å²) in [6.45, 7) is 5.96. The number of imide groups is 1. The third kappa shape index (κ3) is 5.17. The lowest BCUT2D eigenvalue weighted by molar-refractivity contribution is -0.122. The number of nitrogens with one attached hydrogen (secondary N) is 2. The lowest BCUT2D eigenvalue weighted by atomic mass is 10.0. The normalized spacial score (nSPS) is 20.9. The van der Waals surface area contributed by atoms with Gasteiger partial charge >= 0.3 is 6.03 Å². The molecule has 0 bridgehead atoms. The van der Waals surface area contributed by atoms with Crippen molar-refractivity contribution in [2.24, 2.45) is 0 Å². The Bertz CT molecular complexity index is 268. The van der Waals surface area contributed by atoms with Crippen LogP contribution in [0.5, 0.6) is 0 Å². The average molecular weight is 241 g/mol. The lowest BCUT2D eigenvalue weighted by Crippen LogP contribution is -2.48. The molecule has 0 radical (unpaired) electrons. The molecule has 0 spiro atoms. The van der Waals surface area contributed by atoms with Crippen LogP contribution in [0.2, 0.25) is 0 Å². The first-order chi connectivity index (χ1) is 8.13. The van der Waals surface area contributed by atoms with Gasteiger partial charge in [0, 0.05) is 12.6 Å². The average Bonchev–Trinajstić information content (AvgIpc) is 2.29. The number of carbonyl (C=O) groups is 2. The van der Waals surface area contributed by atoms with Crippen molar-refractivity contribution in [1.82, 2.24) is 15.5 Å². The maximum absolute atomic E-state index is 11.6. The van der Waals surface area contributed by atoms with E-state index in [1.807, 2.05) is 6.92 Å². The van der Waals surface area contributed by atoms with Gasteiger partial charge in [-0.3, -0.25) is 15.0 Å². The molecule has 1 heterocycles. The van der Waals surface area contributed by atoms with Gasteiger partial charge in [0.25, 0.3) is 0 Å². The predicted molar refractivity (Wildman–Crippen MR) is 66.7 cm³/mol. The molecule has 5 heteroatoms. The monoisotopic (exact) mass is 241 g/mol. The van der Waals surface area contributed by atoms with Crippen molar-refractivity contribution in [3.05, 3.63) is 0 Å². The molecule has 2 N–H and O–H groups in total. The van der Waals surface area contributed by atoms with Crippen molar-refractivity contribution in [1.29, 1.82) is 0 Å². The van der Waals surface area contributed by atoms with E-state index in [1.54, 1.807) is 0 Å². The lowest BCUT2D eigenvalue weighted by Gasteiger charge is -2.32. The zero-order valence-corrected chi connectivity index (χ0v) is 10.8. The predicted octanol–water partition coefficient (Wildman–Crippen LogP) is 1.10. The van der Waals surface area contributed by atoms with Crippen LogP contribution in [0.25, 0.3) is 0 Å². The molecule has 0 aromatic heterocycles. The SMILES string of the molecule is CCCNC(=O)NC(=O)CN1CCCC[C@@H]1C. The molecule has 0 unspecified atom stereocenters. The van der Waals surface area contributed by atoms with E-state index in [0.29, 0.717) is 19.1 Å². The summed E-state index contributed by atoms with van der Waals surface area (Å²) in [5.41, 5.74) is 0. The number of piperidine rings is 1. The topological polar surface area (TPSA) is 61.4 Å². The maximum Gasteiger partial charge on any atom is 0.321 e. The van der Waals surface area contributed by atoms with Crippen molar-refractivity contribution in [2.45, 2.75) is 45.6 Å². The summed E-state index contributed by atoms with van der Waals surface area (Å²) in [4.78, 5) is 25.0. The van der Waals surface area contributed by atoms with E-state index in [2.05, 4.69) is 22.5 Å². The fraction of sp³-hybridized carbons (Fsp3) is 0.833. The molecule has 1 aliphatic rings. The Kier molecular flexibility index (Phi) is 5.97. The first-order valence-corrected chi connectivity index (χ1v) is 6.45. The number of hydrogen-bond acceptors (Lipinski definition) is 3. The third-order valence-corrected chi connectivity index (χ3v) is 3.08. The number of hydrogen-bond donors (Lipinski definition) is 2. The van der Waals surface area contributed by atoms with Crippen molar-refractivity contribution in [3.8, 4) is 0 Å². The third-order valence-electron chi connectivity index (χ3n) is 3.08. The van der Waals surface area contributed by atoms with Crippen molar-refractivity contribution >= 4 is 11.9 Å². The fourth-order valence-corrected chi connectivity index (χ4v) is 2.03. The molecule has 0 aromatic rings. The second kappa shape index (κ2) is 7.27. The van der Waals surface area contributed by atoms with Crippen LogP contribution in [0.3, 0.4) is 0 Å². The Morgan fingerprint density at radius 3 is 2.76 bits per heavy atom. The van der Waals surface area contributed by atoms with E-state index >= 15 is 0 Å². The first kappa shape index (κ1) is 14.0. The van der Waals surface area contributed by atoms with Gasteiger partial charge < -0.3 is 5.32 Å². The molecule has 1 rings (SSSR count). The Morgan fingerprint density at radius 2 is 2.12 bits per heavy atom. The van der Waals surface area contributed by atoms with Gasteiger partial charge in [-0.1, -0.05) is 13.3 Å². The highest BCUT2D eigenvalue weighted by molar-refractivity contribution is 5.95. The van der Waals surface area contributed by atoms with Gasteiger partial charge in [-0.2, -0.15) is 0 Å². The molecular weight excluding hydrogens is 218 g/mol. The summed E-state index contributed by atoms with van der Waals surface area (Å²) in [5, 5.41) is 4.97. The minimum absolute atomic E-state index is 0.215. The molecule has 3 amide bonds. The van der Waals surface area contributed by atoms with Gasteiger partial charge in [-0.05, 0) is 32.7 Å². The number of likely N-dealkylation sites (tertiary alicyclic amines) is 1. The van der Waals surface area contributed by atoms with Gasteiger partial charge in [-0.15, -0.1) is 0 Å². The van der Waals surface area contributed by atoms with Crippen molar-refractivity contribution < 1.29 is 9.59 Å². The van der Waals surface area contributed by atoms with Crippen LogP contribution in [-0.2, 0) is 4.79 Å². The van der Waals surface area contributed by atoms with Gasteiger partial charge in [0.2, 0.25) is 5.91 Å². The van der Waals surface area contributed by atoms with Crippen LogP contribution >= 0.6 is 0 Å². The number of nitrogens with zero attached hydrogens (tertiary/aromatic N) is 1. The maximum atomic E-state index is 11.6. The highest BCUT2D eigenvalue weighted by Crippen LogP contribution is 2.15. The van der Waals surface area contributed by atoms with Crippen LogP contribution < -0.4 is 10.6 Å². The summed E-state index contributed by atoms with van der Waals surface area (Å²) in [5.74, 6) is -0.215. The van der Waals surface area contributed by atoms with E-state index in [-0.39, 0.29) is 11.9 Å². The van der Waals surface area contributed by atoms with Crippen LogP contribution in [0.15, 0.2) is 0 Å². The highest BCUT2D eigenvalue weighted by atomic mass is 16.2. The Balaban J connectivity index is 2.26. The van der Waals surface area contributed by atoms with Crippen molar-refractivity contribution in [3.63, 3.8) is 0 Å². The summed E-state index contributed by atoms with van der Waals surface area (Å²) in [6.07, 6.45) is 4.37. The number of urea groups is 1. The Morgan fingerprint density at radius 1 is 1.35 bits per heavy atom. The second-order valence-corrected chi connectivity index (χ2v) is 4.62. The smallest absolute Gasteiger partial charge is 0.321 e. The Labute approximate surface area is 103 Å². The quantitative estimate of drug-likeness (QED) is 0.774. The largest absolute Gasteiger partial charge is 0.338 e. The van der Waals surface area contributed by atoms with E-state index < -0.39 is 0 Å². The fourth-order valence-electron chi connectivity index (χ4n) is 2.03. The van der Waals surface area contributed by atoms with Crippen LogP contribution in [0, 0.1) is 0 Å². The molecule has 1 aliphatic heterocycles.